The molecule has 2 N–H and O–H groups in total. The molecule has 1 aromatic rings. The zero-order valence-corrected chi connectivity index (χ0v) is 14.7. The highest BCUT2D eigenvalue weighted by Crippen LogP contribution is 2.20. The third kappa shape index (κ3) is 6.68. The van der Waals surface area contributed by atoms with Crippen LogP contribution in [0.2, 0.25) is 0 Å². The van der Waals surface area contributed by atoms with E-state index in [4.69, 9.17) is 4.74 Å². The van der Waals surface area contributed by atoms with Crippen LogP contribution in [0, 0.1) is 29.3 Å². The molecule has 0 bridgehead atoms. The molecule has 0 heterocycles. The van der Waals surface area contributed by atoms with Crippen LogP contribution in [-0.2, 0) is 4.74 Å². The van der Waals surface area contributed by atoms with E-state index in [2.05, 4.69) is 10.6 Å². The minimum atomic E-state index is -1.23. The summed E-state index contributed by atoms with van der Waals surface area (Å²) in [5.41, 5.74) is -0.707. The second-order valence-electron chi connectivity index (χ2n) is 7.01. The lowest BCUT2D eigenvalue weighted by atomic mass is 9.95. The van der Waals surface area contributed by atoms with Crippen LogP contribution in [0.1, 0.15) is 34.6 Å². The first-order chi connectivity index (χ1) is 11.0. The van der Waals surface area contributed by atoms with Crippen LogP contribution in [0.5, 0.6) is 0 Å². The van der Waals surface area contributed by atoms with Gasteiger partial charge in [-0.2, -0.15) is 0 Å². The zero-order chi connectivity index (χ0) is 18.5. The Bertz CT molecular complexity index is 572. The predicted octanol–water partition coefficient (Wildman–Crippen LogP) is 4.31. The zero-order valence-electron chi connectivity index (χ0n) is 14.7. The maximum atomic E-state index is 13.6. The van der Waals surface area contributed by atoms with E-state index in [0.29, 0.717) is 12.6 Å². The fraction of sp³-hybridized carbons (Fsp3) is 0.588. The molecule has 0 fully saturated rings. The number of carbonyl (C=O) groups is 1. The largest absolute Gasteiger partial charge is 0.444 e. The third-order valence-corrected chi connectivity index (χ3v) is 3.41. The van der Waals surface area contributed by atoms with Gasteiger partial charge in [-0.25, -0.2) is 18.0 Å². The van der Waals surface area contributed by atoms with Gasteiger partial charge >= 0.3 is 6.09 Å². The van der Waals surface area contributed by atoms with Gasteiger partial charge in [0.25, 0.3) is 0 Å². The standard InChI is InChI=1S/C17H25F3N2O2/c1-10(2)11(9-22-16(23)24-17(3,4)5)8-21-15-7-13(19)12(18)6-14(15)20/h6-7,10-11,21H,8-9H2,1-5H3,(H,22,23). The van der Waals surface area contributed by atoms with Crippen molar-refractivity contribution in [1.82, 2.24) is 5.32 Å². The van der Waals surface area contributed by atoms with Gasteiger partial charge in [-0.05, 0) is 32.6 Å². The Morgan fingerprint density at radius 1 is 1.08 bits per heavy atom. The van der Waals surface area contributed by atoms with Crippen molar-refractivity contribution >= 4 is 11.8 Å². The molecule has 1 amide bonds. The first-order valence-corrected chi connectivity index (χ1v) is 7.85. The van der Waals surface area contributed by atoms with Crippen molar-refractivity contribution in [1.29, 1.82) is 0 Å². The van der Waals surface area contributed by atoms with Crippen molar-refractivity contribution < 1.29 is 22.7 Å². The summed E-state index contributed by atoms with van der Waals surface area (Å²) < 4.78 is 44.9. The van der Waals surface area contributed by atoms with Crippen LogP contribution in [-0.4, -0.2) is 24.8 Å². The molecule has 0 aliphatic heterocycles. The first kappa shape index (κ1) is 20.1. The SMILES string of the molecule is CC(C)C(CNC(=O)OC(C)(C)C)CNc1cc(F)c(F)cc1F. The number of hydrogen-bond acceptors (Lipinski definition) is 3. The summed E-state index contributed by atoms with van der Waals surface area (Å²) in [5.74, 6) is -3.10. The summed E-state index contributed by atoms with van der Waals surface area (Å²) in [6, 6.07) is 1.28. The molecule has 0 aromatic heterocycles. The molecule has 0 saturated heterocycles. The number of rotatable bonds is 6. The van der Waals surface area contributed by atoms with Crippen molar-refractivity contribution in [3.05, 3.63) is 29.6 Å². The first-order valence-electron chi connectivity index (χ1n) is 7.85. The fourth-order valence-electron chi connectivity index (χ4n) is 1.97. The molecule has 1 atom stereocenters. The summed E-state index contributed by atoms with van der Waals surface area (Å²) in [5, 5.41) is 5.42. The van der Waals surface area contributed by atoms with E-state index >= 15 is 0 Å². The van der Waals surface area contributed by atoms with E-state index in [0.717, 1.165) is 6.07 Å². The number of hydrogen-bond donors (Lipinski definition) is 2. The molecule has 24 heavy (non-hydrogen) atoms. The molecule has 0 spiro atoms. The smallest absolute Gasteiger partial charge is 0.407 e. The Morgan fingerprint density at radius 3 is 2.21 bits per heavy atom. The van der Waals surface area contributed by atoms with Crippen molar-refractivity contribution in [2.75, 3.05) is 18.4 Å². The second kappa shape index (κ2) is 8.26. The van der Waals surface area contributed by atoms with Crippen molar-refractivity contribution in [3.63, 3.8) is 0 Å². The molecule has 0 aliphatic carbocycles. The molecular weight excluding hydrogens is 321 g/mol. The minimum absolute atomic E-state index is 0.0509. The van der Waals surface area contributed by atoms with Gasteiger partial charge in [-0.15, -0.1) is 0 Å². The Morgan fingerprint density at radius 2 is 1.67 bits per heavy atom. The molecule has 0 radical (unpaired) electrons. The van der Waals surface area contributed by atoms with Gasteiger partial charge in [0, 0.05) is 25.2 Å². The summed E-state index contributed by atoms with van der Waals surface area (Å²) in [6.45, 7) is 9.79. The maximum absolute atomic E-state index is 13.6. The number of alkyl carbamates (subject to hydrolysis) is 1. The van der Waals surface area contributed by atoms with Crippen LogP contribution in [0.25, 0.3) is 0 Å². The molecule has 7 heteroatoms. The summed E-state index contributed by atoms with van der Waals surface area (Å²) >= 11 is 0. The lowest BCUT2D eigenvalue weighted by Gasteiger charge is -2.24. The molecule has 0 aliphatic rings. The van der Waals surface area contributed by atoms with Gasteiger partial charge in [-0.1, -0.05) is 13.8 Å². The van der Waals surface area contributed by atoms with Crippen molar-refractivity contribution in [3.8, 4) is 0 Å². The predicted molar refractivity (Wildman–Crippen MR) is 87.4 cm³/mol. The molecular formula is C17H25F3N2O2. The number of benzene rings is 1. The van der Waals surface area contributed by atoms with Gasteiger partial charge in [-0.3, -0.25) is 0 Å². The Labute approximate surface area is 140 Å². The summed E-state index contributed by atoms with van der Waals surface area (Å²) in [4.78, 5) is 11.7. The second-order valence-corrected chi connectivity index (χ2v) is 7.01. The van der Waals surface area contributed by atoms with Crippen LogP contribution in [0.3, 0.4) is 0 Å². The molecule has 1 aromatic carbocycles. The average molecular weight is 346 g/mol. The Balaban J connectivity index is 2.61. The number of nitrogens with one attached hydrogen (secondary N) is 2. The Hall–Kier alpha value is -1.92. The van der Waals surface area contributed by atoms with E-state index in [1.165, 1.54) is 0 Å². The van der Waals surface area contributed by atoms with E-state index in [-0.39, 0.29) is 24.1 Å². The number of ether oxygens (including phenoxy) is 1. The van der Waals surface area contributed by atoms with Crippen molar-refractivity contribution in [2.45, 2.75) is 40.2 Å². The molecule has 1 unspecified atom stereocenters. The number of halogens is 3. The highest BCUT2D eigenvalue weighted by molar-refractivity contribution is 5.67. The van der Waals surface area contributed by atoms with Crippen molar-refractivity contribution in [2.24, 2.45) is 11.8 Å². The summed E-state index contributed by atoms with van der Waals surface area (Å²) in [7, 11) is 0. The third-order valence-electron chi connectivity index (χ3n) is 3.41. The number of carbonyl (C=O) groups excluding carboxylic acids is 1. The maximum Gasteiger partial charge on any atom is 0.407 e. The molecule has 136 valence electrons. The monoisotopic (exact) mass is 346 g/mol. The highest BCUT2D eigenvalue weighted by atomic mass is 19.2. The topological polar surface area (TPSA) is 50.4 Å². The van der Waals surface area contributed by atoms with Gasteiger partial charge in [0.1, 0.15) is 11.4 Å². The summed E-state index contributed by atoms with van der Waals surface area (Å²) in [6.07, 6.45) is -0.535. The van der Waals surface area contributed by atoms with E-state index < -0.39 is 29.1 Å². The van der Waals surface area contributed by atoms with Gasteiger partial charge in [0.05, 0.1) is 5.69 Å². The lowest BCUT2D eigenvalue weighted by molar-refractivity contribution is 0.0516. The quantitative estimate of drug-likeness (QED) is 0.755. The van der Waals surface area contributed by atoms with Gasteiger partial charge in [0.2, 0.25) is 0 Å². The molecule has 4 nitrogen and oxygen atoms in total. The van der Waals surface area contributed by atoms with Crippen LogP contribution in [0.4, 0.5) is 23.7 Å². The van der Waals surface area contributed by atoms with Gasteiger partial charge in [0.15, 0.2) is 11.6 Å². The number of anilines is 1. The highest BCUT2D eigenvalue weighted by Gasteiger charge is 2.19. The average Bonchev–Trinajstić information content (AvgIpc) is 2.41. The van der Waals surface area contributed by atoms with E-state index in [1.807, 2.05) is 13.8 Å². The van der Waals surface area contributed by atoms with E-state index in [9.17, 15) is 18.0 Å². The Kier molecular flexibility index (Phi) is 6.93. The van der Waals surface area contributed by atoms with Gasteiger partial charge < -0.3 is 15.4 Å². The minimum Gasteiger partial charge on any atom is -0.444 e. The fourth-order valence-corrected chi connectivity index (χ4v) is 1.97. The van der Waals surface area contributed by atoms with Crippen LogP contribution >= 0.6 is 0 Å². The molecule has 1 rings (SSSR count). The lowest BCUT2D eigenvalue weighted by Crippen LogP contribution is -2.38. The number of amides is 1. The van der Waals surface area contributed by atoms with Crippen LogP contribution in [0.15, 0.2) is 12.1 Å². The normalized spacial score (nSPS) is 12.9. The molecule has 0 saturated carbocycles. The van der Waals surface area contributed by atoms with E-state index in [1.54, 1.807) is 20.8 Å². The van der Waals surface area contributed by atoms with Crippen LogP contribution < -0.4 is 10.6 Å².